The first kappa shape index (κ1) is 15.3. The molecule has 0 aromatic rings. The van der Waals surface area contributed by atoms with Crippen molar-refractivity contribution in [2.24, 2.45) is 0 Å². The Bertz CT molecular complexity index is 359. The van der Waals surface area contributed by atoms with Gasteiger partial charge in [0.2, 0.25) is 5.91 Å². The SMILES string of the molecule is CCNC(=O)CN(CC)C(=O)N1CCC[C@@H]1C(=O)O. The molecule has 0 aliphatic carbocycles. The Kier molecular flexibility index (Phi) is 5.59. The predicted octanol–water partition coefficient (Wildman–Crippen LogP) is 0.113. The standard InChI is InChI=1S/C12H21N3O4/c1-3-13-10(16)8-14(4-2)12(19)15-7-5-6-9(15)11(17)18/h9H,3-8H2,1-2H3,(H,13,16)(H,17,18)/t9-/m1/s1. The van der Waals surface area contributed by atoms with E-state index in [4.69, 9.17) is 5.11 Å². The molecule has 1 heterocycles. The van der Waals surface area contributed by atoms with Crippen LogP contribution in [0.4, 0.5) is 4.79 Å². The van der Waals surface area contributed by atoms with Crippen LogP contribution in [-0.2, 0) is 9.59 Å². The average Bonchev–Trinajstić information content (AvgIpc) is 2.84. The molecule has 1 atom stereocenters. The Morgan fingerprint density at radius 2 is 2.05 bits per heavy atom. The van der Waals surface area contributed by atoms with Crippen molar-refractivity contribution < 1.29 is 19.5 Å². The zero-order chi connectivity index (χ0) is 14.4. The highest BCUT2D eigenvalue weighted by molar-refractivity contribution is 5.87. The Balaban J connectivity index is 2.67. The summed E-state index contributed by atoms with van der Waals surface area (Å²) < 4.78 is 0. The number of rotatable bonds is 5. The van der Waals surface area contributed by atoms with E-state index < -0.39 is 12.0 Å². The smallest absolute Gasteiger partial charge is 0.326 e. The summed E-state index contributed by atoms with van der Waals surface area (Å²) in [5.41, 5.74) is 0. The molecule has 0 unspecified atom stereocenters. The number of likely N-dealkylation sites (N-methyl/N-ethyl adjacent to an activating group) is 2. The molecule has 1 fully saturated rings. The van der Waals surface area contributed by atoms with E-state index in [2.05, 4.69) is 5.32 Å². The van der Waals surface area contributed by atoms with E-state index in [1.807, 2.05) is 0 Å². The summed E-state index contributed by atoms with van der Waals surface area (Å²) in [4.78, 5) is 37.5. The number of hydrogen-bond donors (Lipinski definition) is 2. The molecular weight excluding hydrogens is 250 g/mol. The molecule has 0 radical (unpaired) electrons. The maximum absolute atomic E-state index is 12.2. The average molecular weight is 271 g/mol. The number of nitrogens with zero attached hydrogens (tertiary/aromatic N) is 2. The molecule has 0 spiro atoms. The van der Waals surface area contributed by atoms with E-state index in [1.165, 1.54) is 9.80 Å². The molecule has 1 aliphatic rings. The van der Waals surface area contributed by atoms with Gasteiger partial charge >= 0.3 is 12.0 Å². The number of aliphatic carboxylic acids is 1. The van der Waals surface area contributed by atoms with Crippen molar-refractivity contribution in [1.82, 2.24) is 15.1 Å². The van der Waals surface area contributed by atoms with Gasteiger partial charge in [0.05, 0.1) is 0 Å². The number of carbonyl (C=O) groups is 3. The zero-order valence-corrected chi connectivity index (χ0v) is 11.4. The number of likely N-dealkylation sites (tertiary alicyclic amines) is 1. The van der Waals surface area contributed by atoms with E-state index in [0.717, 1.165) is 0 Å². The molecule has 1 aliphatic heterocycles. The van der Waals surface area contributed by atoms with Crippen LogP contribution < -0.4 is 5.32 Å². The second-order valence-electron chi connectivity index (χ2n) is 4.44. The molecule has 0 bridgehead atoms. The second kappa shape index (κ2) is 6.96. The van der Waals surface area contributed by atoms with E-state index >= 15 is 0 Å². The van der Waals surface area contributed by atoms with E-state index in [0.29, 0.717) is 32.5 Å². The lowest BCUT2D eigenvalue weighted by Gasteiger charge is -2.29. The molecular formula is C12H21N3O4. The molecule has 0 aromatic heterocycles. The summed E-state index contributed by atoms with van der Waals surface area (Å²) in [6, 6.07) is -1.14. The summed E-state index contributed by atoms with van der Waals surface area (Å²) >= 11 is 0. The van der Waals surface area contributed by atoms with Gasteiger partial charge in [0.1, 0.15) is 12.6 Å². The van der Waals surface area contributed by atoms with Gasteiger partial charge in [-0.3, -0.25) is 4.79 Å². The zero-order valence-electron chi connectivity index (χ0n) is 11.4. The van der Waals surface area contributed by atoms with E-state index in [1.54, 1.807) is 13.8 Å². The predicted molar refractivity (Wildman–Crippen MR) is 68.7 cm³/mol. The van der Waals surface area contributed by atoms with Crippen LogP contribution in [0.25, 0.3) is 0 Å². The van der Waals surface area contributed by atoms with Gasteiger partial charge in [0.15, 0.2) is 0 Å². The molecule has 19 heavy (non-hydrogen) atoms. The van der Waals surface area contributed by atoms with Crippen LogP contribution in [0, 0.1) is 0 Å². The monoisotopic (exact) mass is 271 g/mol. The minimum absolute atomic E-state index is 0.0357. The summed E-state index contributed by atoms with van der Waals surface area (Å²) in [6.45, 7) is 4.85. The van der Waals surface area contributed by atoms with Gasteiger partial charge in [0.25, 0.3) is 0 Å². The normalized spacial score (nSPS) is 18.2. The summed E-state index contributed by atoms with van der Waals surface area (Å²) in [5.74, 6) is -1.22. The van der Waals surface area contributed by atoms with Gasteiger partial charge in [-0.1, -0.05) is 0 Å². The maximum Gasteiger partial charge on any atom is 0.326 e. The Labute approximate surface area is 112 Å². The minimum Gasteiger partial charge on any atom is -0.480 e. The Morgan fingerprint density at radius 1 is 1.37 bits per heavy atom. The van der Waals surface area contributed by atoms with Crippen molar-refractivity contribution in [3.05, 3.63) is 0 Å². The van der Waals surface area contributed by atoms with Crippen LogP contribution >= 0.6 is 0 Å². The fourth-order valence-electron chi connectivity index (χ4n) is 2.18. The highest BCUT2D eigenvalue weighted by atomic mass is 16.4. The number of carboxylic acids is 1. The molecule has 0 aromatic carbocycles. The molecule has 1 rings (SSSR count). The van der Waals surface area contributed by atoms with Gasteiger partial charge in [0, 0.05) is 19.6 Å². The van der Waals surface area contributed by atoms with Crippen molar-refractivity contribution in [1.29, 1.82) is 0 Å². The van der Waals surface area contributed by atoms with Crippen LogP contribution in [0.15, 0.2) is 0 Å². The third-order valence-corrected chi connectivity index (χ3v) is 3.14. The lowest BCUT2D eigenvalue weighted by molar-refractivity contribution is -0.141. The Morgan fingerprint density at radius 3 is 2.58 bits per heavy atom. The Hall–Kier alpha value is -1.79. The lowest BCUT2D eigenvalue weighted by Crippen LogP contribution is -2.50. The first-order chi connectivity index (χ1) is 9.01. The molecule has 3 amide bonds. The fraction of sp³-hybridized carbons (Fsp3) is 0.750. The fourth-order valence-corrected chi connectivity index (χ4v) is 2.18. The van der Waals surface area contributed by atoms with Crippen molar-refractivity contribution in [2.75, 3.05) is 26.2 Å². The van der Waals surface area contributed by atoms with Gasteiger partial charge in [-0.2, -0.15) is 0 Å². The van der Waals surface area contributed by atoms with Crippen LogP contribution in [0.1, 0.15) is 26.7 Å². The number of urea groups is 1. The minimum atomic E-state index is -0.986. The van der Waals surface area contributed by atoms with Crippen molar-refractivity contribution in [2.45, 2.75) is 32.7 Å². The molecule has 0 saturated carbocycles. The molecule has 7 nitrogen and oxygen atoms in total. The first-order valence-corrected chi connectivity index (χ1v) is 6.56. The van der Waals surface area contributed by atoms with Crippen LogP contribution in [-0.4, -0.2) is 65.0 Å². The van der Waals surface area contributed by atoms with E-state index in [9.17, 15) is 14.4 Å². The highest BCUT2D eigenvalue weighted by Gasteiger charge is 2.36. The van der Waals surface area contributed by atoms with Gasteiger partial charge in [-0.05, 0) is 26.7 Å². The maximum atomic E-state index is 12.2. The molecule has 7 heteroatoms. The van der Waals surface area contributed by atoms with Crippen molar-refractivity contribution >= 4 is 17.9 Å². The number of hydrogen-bond acceptors (Lipinski definition) is 3. The van der Waals surface area contributed by atoms with Gasteiger partial charge < -0.3 is 20.2 Å². The number of amides is 3. The van der Waals surface area contributed by atoms with Gasteiger partial charge in [-0.25, -0.2) is 9.59 Å². The molecule has 108 valence electrons. The van der Waals surface area contributed by atoms with Crippen LogP contribution in [0.2, 0.25) is 0 Å². The summed E-state index contributed by atoms with van der Waals surface area (Å²) in [7, 11) is 0. The topological polar surface area (TPSA) is 90.0 Å². The number of carboxylic acid groups (broad SMARTS) is 1. The van der Waals surface area contributed by atoms with Crippen molar-refractivity contribution in [3.63, 3.8) is 0 Å². The van der Waals surface area contributed by atoms with Crippen LogP contribution in [0.3, 0.4) is 0 Å². The molecule has 1 saturated heterocycles. The lowest BCUT2D eigenvalue weighted by atomic mass is 10.2. The second-order valence-corrected chi connectivity index (χ2v) is 4.44. The first-order valence-electron chi connectivity index (χ1n) is 6.56. The third kappa shape index (κ3) is 3.84. The van der Waals surface area contributed by atoms with Crippen LogP contribution in [0.5, 0.6) is 0 Å². The summed E-state index contributed by atoms with van der Waals surface area (Å²) in [6.07, 6.45) is 1.15. The number of carbonyl (C=O) groups excluding carboxylic acids is 2. The highest BCUT2D eigenvalue weighted by Crippen LogP contribution is 2.19. The van der Waals surface area contributed by atoms with Gasteiger partial charge in [-0.15, -0.1) is 0 Å². The number of nitrogens with one attached hydrogen (secondary N) is 1. The summed E-state index contributed by atoms with van der Waals surface area (Å²) in [5, 5.41) is 11.7. The largest absolute Gasteiger partial charge is 0.480 e. The quantitative estimate of drug-likeness (QED) is 0.743. The third-order valence-electron chi connectivity index (χ3n) is 3.14. The molecule has 2 N–H and O–H groups in total. The van der Waals surface area contributed by atoms with E-state index in [-0.39, 0.29) is 18.5 Å². The van der Waals surface area contributed by atoms with Crippen molar-refractivity contribution in [3.8, 4) is 0 Å².